The summed E-state index contributed by atoms with van der Waals surface area (Å²) in [6, 6.07) is 0. The number of hydrogen-bond donors (Lipinski definition) is 2. The van der Waals surface area contributed by atoms with Gasteiger partial charge in [-0.15, -0.1) is 0 Å². The molecule has 180 valence electrons. The summed E-state index contributed by atoms with van der Waals surface area (Å²) in [5, 5.41) is 14.2. The Bertz CT molecular complexity index is 1070. The standard InChI is InChI=1S/C20H28N6O7/c1-11(28)31-8-13(9-32-12(2)29)17-16-18(22-20(23-19(16)30)21-10-25(3)4)26(24-17)15-6-5-14(7-27)33-15/h10,13-15,27H,5-9H2,1-4H3,(H,22,23,30)/b21-10+/t14-,15+/m0/s1. The van der Waals surface area contributed by atoms with Crippen LogP contribution in [0.25, 0.3) is 11.0 Å². The monoisotopic (exact) mass is 464 g/mol. The number of rotatable bonds is 9. The smallest absolute Gasteiger partial charge is 0.302 e. The van der Waals surface area contributed by atoms with Gasteiger partial charge in [-0.05, 0) is 12.8 Å². The van der Waals surface area contributed by atoms with Crippen LogP contribution in [0.15, 0.2) is 9.79 Å². The summed E-state index contributed by atoms with van der Waals surface area (Å²) in [5.74, 6) is -1.69. The van der Waals surface area contributed by atoms with Gasteiger partial charge in [-0.25, -0.2) is 9.67 Å². The maximum atomic E-state index is 13.1. The molecule has 13 nitrogen and oxygen atoms in total. The van der Waals surface area contributed by atoms with Gasteiger partial charge in [0.1, 0.15) is 18.6 Å². The number of aliphatic imine (C=N–C) groups is 1. The largest absolute Gasteiger partial charge is 0.465 e. The second-order valence-corrected chi connectivity index (χ2v) is 7.90. The van der Waals surface area contributed by atoms with Crippen molar-refractivity contribution >= 4 is 35.3 Å². The van der Waals surface area contributed by atoms with E-state index in [-0.39, 0.29) is 48.6 Å². The normalized spacial score (nSPS) is 18.4. The number of nitrogens with zero attached hydrogens (tertiary/aromatic N) is 5. The molecule has 1 fully saturated rings. The molecule has 1 saturated heterocycles. The van der Waals surface area contributed by atoms with Gasteiger partial charge in [0.15, 0.2) is 11.9 Å². The number of hydrogen-bond acceptors (Lipinski definition) is 10. The van der Waals surface area contributed by atoms with Gasteiger partial charge in [-0.1, -0.05) is 0 Å². The Labute approximate surface area is 189 Å². The summed E-state index contributed by atoms with van der Waals surface area (Å²) >= 11 is 0. The highest BCUT2D eigenvalue weighted by molar-refractivity contribution is 5.79. The summed E-state index contributed by atoms with van der Waals surface area (Å²) in [7, 11) is 3.55. The highest BCUT2D eigenvalue weighted by Crippen LogP contribution is 2.32. The molecule has 0 saturated carbocycles. The van der Waals surface area contributed by atoms with E-state index < -0.39 is 29.6 Å². The number of ether oxygens (including phenoxy) is 3. The SMILES string of the molecule is CC(=O)OCC(COC(C)=O)c1nn([C@H]2CC[C@@H](CO)O2)c2nc(/N=C/N(C)C)[nH]c(=O)c12. The molecule has 1 aliphatic rings. The van der Waals surface area contributed by atoms with Crippen molar-refractivity contribution in [1.29, 1.82) is 0 Å². The van der Waals surface area contributed by atoms with Gasteiger partial charge in [0, 0.05) is 27.9 Å². The number of aromatic nitrogens is 4. The number of carbonyl (C=O) groups excluding carboxylic acids is 2. The van der Waals surface area contributed by atoms with Crippen molar-refractivity contribution in [3.05, 3.63) is 16.0 Å². The molecular formula is C20H28N6O7. The van der Waals surface area contributed by atoms with Crippen molar-refractivity contribution in [2.24, 2.45) is 4.99 Å². The van der Waals surface area contributed by atoms with Crippen LogP contribution in [-0.2, 0) is 23.8 Å². The molecule has 0 spiro atoms. The molecule has 0 bridgehead atoms. The zero-order valence-corrected chi connectivity index (χ0v) is 19.0. The van der Waals surface area contributed by atoms with Crippen molar-refractivity contribution in [1.82, 2.24) is 24.6 Å². The Morgan fingerprint density at radius 2 is 1.97 bits per heavy atom. The fourth-order valence-corrected chi connectivity index (χ4v) is 3.42. The van der Waals surface area contributed by atoms with Crippen molar-refractivity contribution in [3.63, 3.8) is 0 Å². The lowest BCUT2D eigenvalue weighted by atomic mass is 10.1. The number of aliphatic hydroxyl groups excluding tert-OH is 1. The lowest BCUT2D eigenvalue weighted by Gasteiger charge is -2.15. The van der Waals surface area contributed by atoms with Crippen LogP contribution in [0.2, 0.25) is 0 Å². The third kappa shape index (κ3) is 5.93. The number of aliphatic hydroxyl groups is 1. The van der Waals surface area contributed by atoms with Crippen molar-refractivity contribution < 1.29 is 28.9 Å². The van der Waals surface area contributed by atoms with Crippen LogP contribution >= 0.6 is 0 Å². The van der Waals surface area contributed by atoms with E-state index in [9.17, 15) is 19.5 Å². The zero-order valence-electron chi connectivity index (χ0n) is 19.0. The Morgan fingerprint density at radius 3 is 2.52 bits per heavy atom. The van der Waals surface area contributed by atoms with E-state index in [4.69, 9.17) is 14.2 Å². The number of nitrogens with one attached hydrogen (secondary N) is 1. The minimum atomic E-state index is -0.712. The minimum absolute atomic E-state index is 0.0714. The van der Waals surface area contributed by atoms with Crippen LogP contribution < -0.4 is 5.56 Å². The van der Waals surface area contributed by atoms with Crippen LogP contribution in [0, 0.1) is 0 Å². The van der Waals surface area contributed by atoms with Gasteiger partial charge in [-0.2, -0.15) is 10.1 Å². The van der Waals surface area contributed by atoms with Crippen LogP contribution in [0.3, 0.4) is 0 Å². The summed E-state index contributed by atoms with van der Waals surface area (Å²) in [6.07, 6.45) is 1.72. The Hall–Kier alpha value is -3.32. The van der Waals surface area contributed by atoms with E-state index in [1.807, 2.05) is 0 Å². The molecule has 0 unspecified atom stereocenters. The molecule has 0 amide bonds. The predicted molar refractivity (Wildman–Crippen MR) is 116 cm³/mol. The molecule has 2 aromatic rings. The molecule has 0 radical (unpaired) electrons. The second-order valence-electron chi connectivity index (χ2n) is 7.90. The average molecular weight is 464 g/mol. The molecule has 33 heavy (non-hydrogen) atoms. The highest BCUT2D eigenvalue weighted by Gasteiger charge is 2.32. The quantitative estimate of drug-likeness (QED) is 0.298. The van der Waals surface area contributed by atoms with Gasteiger partial charge < -0.3 is 24.2 Å². The Morgan fingerprint density at radius 1 is 1.30 bits per heavy atom. The summed E-state index contributed by atoms with van der Waals surface area (Å²) in [4.78, 5) is 48.8. The van der Waals surface area contributed by atoms with Crippen LogP contribution in [0.1, 0.15) is 44.5 Å². The average Bonchev–Trinajstić information content (AvgIpc) is 3.37. The molecule has 1 aliphatic heterocycles. The van der Waals surface area contributed by atoms with Gasteiger partial charge in [0.25, 0.3) is 5.56 Å². The van der Waals surface area contributed by atoms with E-state index in [2.05, 4.69) is 20.1 Å². The van der Waals surface area contributed by atoms with Gasteiger partial charge in [-0.3, -0.25) is 19.4 Å². The van der Waals surface area contributed by atoms with Gasteiger partial charge in [0.2, 0.25) is 5.95 Å². The molecule has 0 aliphatic carbocycles. The van der Waals surface area contributed by atoms with Gasteiger partial charge in [0.05, 0.1) is 30.7 Å². The fraction of sp³-hybridized carbons (Fsp3) is 0.600. The molecule has 3 rings (SSSR count). The van der Waals surface area contributed by atoms with E-state index in [0.29, 0.717) is 12.8 Å². The molecular weight excluding hydrogens is 436 g/mol. The highest BCUT2D eigenvalue weighted by atomic mass is 16.5. The predicted octanol–water partition coefficient (Wildman–Crippen LogP) is 0.221. The first-order valence-corrected chi connectivity index (χ1v) is 10.5. The van der Waals surface area contributed by atoms with E-state index in [0.717, 1.165) is 0 Å². The van der Waals surface area contributed by atoms with Gasteiger partial charge >= 0.3 is 11.9 Å². The summed E-state index contributed by atoms with van der Waals surface area (Å²) < 4.78 is 17.6. The molecule has 0 aromatic carbocycles. The van der Waals surface area contributed by atoms with Crippen LogP contribution in [-0.4, -0.2) is 88.1 Å². The first-order chi connectivity index (χ1) is 15.7. The third-order valence-electron chi connectivity index (χ3n) is 4.91. The molecule has 13 heteroatoms. The van der Waals surface area contributed by atoms with E-state index in [1.54, 1.807) is 19.0 Å². The Kier molecular flexibility index (Phi) is 7.76. The second kappa shape index (κ2) is 10.5. The minimum Gasteiger partial charge on any atom is -0.465 e. The topological polar surface area (TPSA) is 161 Å². The van der Waals surface area contributed by atoms with E-state index in [1.165, 1.54) is 24.9 Å². The lowest BCUT2D eigenvalue weighted by Crippen LogP contribution is -2.20. The summed E-state index contributed by atoms with van der Waals surface area (Å²) in [5.41, 5.74) is -0.0288. The Balaban J connectivity index is 2.13. The number of esters is 2. The summed E-state index contributed by atoms with van der Waals surface area (Å²) in [6.45, 7) is 2.06. The number of aromatic amines is 1. The van der Waals surface area contributed by atoms with Crippen molar-refractivity contribution in [2.75, 3.05) is 33.9 Å². The molecule has 2 aromatic heterocycles. The molecule has 2 N–H and O–H groups in total. The molecule has 3 heterocycles. The third-order valence-corrected chi connectivity index (χ3v) is 4.91. The number of H-pyrrole nitrogens is 1. The van der Waals surface area contributed by atoms with Crippen LogP contribution in [0.4, 0.5) is 5.95 Å². The first kappa shape index (κ1) is 24.3. The molecule has 2 atom stereocenters. The first-order valence-electron chi connectivity index (χ1n) is 10.5. The zero-order chi connectivity index (χ0) is 24.1. The van der Waals surface area contributed by atoms with Crippen molar-refractivity contribution in [3.8, 4) is 0 Å². The van der Waals surface area contributed by atoms with Crippen molar-refractivity contribution in [2.45, 2.75) is 44.9 Å². The fourth-order valence-electron chi connectivity index (χ4n) is 3.42. The maximum Gasteiger partial charge on any atom is 0.302 e. The van der Waals surface area contributed by atoms with Crippen LogP contribution in [0.5, 0.6) is 0 Å². The lowest BCUT2D eigenvalue weighted by molar-refractivity contribution is -0.144. The van der Waals surface area contributed by atoms with E-state index >= 15 is 0 Å². The maximum absolute atomic E-state index is 13.1. The number of carbonyl (C=O) groups is 2. The number of fused-ring (bicyclic) bond motifs is 1.